The molecule has 2 atom stereocenters. The number of hydrogen-bond donors (Lipinski definition) is 0. The summed E-state index contributed by atoms with van der Waals surface area (Å²) < 4.78 is 10.9. The summed E-state index contributed by atoms with van der Waals surface area (Å²) in [4.78, 5) is 10.9. The molecule has 0 spiro atoms. The molecule has 1 heterocycles. The molecule has 0 radical (unpaired) electrons. The van der Waals surface area contributed by atoms with Crippen molar-refractivity contribution in [1.82, 2.24) is 0 Å². The molecule has 88 valence electrons. The zero-order chi connectivity index (χ0) is 11.1. The molecule has 1 fully saturated rings. The average Bonchev–Trinajstić information content (AvgIpc) is 2.59. The molecule has 1 saturated heterocycles. The molecule has 0 saturated carbocycles. The number of carbonyl (C=O) groups excluding carboxylic acids is 1. The molecular formula is C10H18O3S2. The number of carbonyl (C=O) groups is 1. The third-order valence-electron chi connectivity index (χ3n) is 2.04. The number of thioether (sulfide) groups is 2. The topological polar surface area (TPSA) is 35.5 Å². The molecule has 5 heteroatoms. The van der Waals surface area contributed by atoms with E-state index < -0.39 is 0 Å². The van der Waals surface area contributed by atoms with Crippen LogP contribution in [0, 0.1) is 0 Å². The van der Waals surface area contributed by atoms with E-state index in [1.165, 1.54) is 11.8 Å². The molecule has 1 unspecified atom stereocenters. The maximum absolute atomic E-state index is 10.9. The van der Waals surface area contributed by atoms with Gasteiger partial charge in [-0.25, -0.2) is 0 Å². The van der Waals surface area contributed by atoms with Crippen LogP contribution in [0.25, 0.3) is 0 Å². The third-order valence-corrected chi connectivity index (χ3v) is 4.79. The zero-order valence-corrected chi connectivity index (χ0v) is 10.9. The van der Waals surface area contributed by atoms with Gasteiger partial charge < -0.3 is 9.47 Å². The minimum atomic E-state index is 0.211. The fourth-order valence-corrected chi connectivity index (χ4v) is 4.26. The van der Waals surface area contributed by atoms with Crippen LogP contribution < -0.4 is 0 Å². The van der Waals surface area contributed by atoms with Gasteiger partial charge in [-0.15, -0.1) is 11.8 Å². The van der Waals surface area contributed by atoms with Crippen LogP contribution in [-0.2, 0) is 14.3 Å². The SMILES string of the molecule is CCOCOC[C@H]1CCC(SC(C)=O)S1. The van der Waals surface area contributed by atoms with E-state index in [1.54, 1.807) is 6.92 Å². The van der Waals surface area contributed by atoms with Crippen LogP contribution >= 0.6 is 23.5 Å². The molecule has 1 aliphatic rings. The summed E-state index contributed by atoms with van der Waals surface area (Å²) in [5.74, 6) is 0. The molecule has 1 aliphatic heterocycles. The highest BCUT2D eigenvalue weighted by Gasteiger charge is 2.26. The van der Waals surface area contributed by atoms with Crippen LogP contribution in [0.4, 0.5) is 0 Å². The van der Waals surface area contributed by atoms with Crippen LogP contribution in [0.1, 0.15) is 26.7 Å². The first kappa shape index (κ1) is 13.4. The smallest absolute Gasteiger partial charge is 0.186 e. The van der Waals surface area contributed by atoms with Gasteiger partial charge in [0.2, 0.25) is 0 Å². The lowest BCUT2D eigenvalue weighted by molar-refractivity contribution is -0.109. The van der Waals surface area contributed by atoms with Crippen molar-refractivity contribution in [2.45, 2.75) is 36.5 Å². The van der Waals surface area contributed by atoms with Gasteiger partial charge in [0.1, 0.15) is 6.79 Å². The van der Waals surface area contributed by atoms with Crippen molar-refractivity contribution >= 4 is 28.6 Å². The molecule has 0 aromatic carbocycles. The third kappa shape index (κ3) is 5.80. The highest BCUT2D eigenvalue weighted by molar-refractivity contribution is 8.25. The van der Waals surface area contributed by atoms with Gasteiger partial charge >= 0.3 is 0 Å². The van der Waals surface area contributed by atoms with Crippen molar-refractivity contribution in [1.29, 1.82) is 0 Å². The predicted molar refractivity (Wildman–Crippen MR) is 65.1 cm³/mol. The summed E-state index contributed by atoms with van der Waals surface area (Å²) in [6, 6.07) is 0. The zero-order valence-electron chi connectivity index (χ0n) is 9.23. The molecular weight excluding hydrogens is 232 g/mol. The lowest BCUT2D eigenvalue weighted by Crippen LogP contribution is -2.10. The molecule has 3 nitrogen and oxygen atoms in total. The summed E-state index contributed by atoms with van der Waals surface area (Å²) in [7, 11) is 0. The van der Waals surface area contributed by atoms with Gasteiger partial charge in [-0.2, -0.15) is 0 Å². The van der Waals surface area contributed by atoms with Crippen molar-refractivity contribution in [2.24, 2.45) is 0 Å². The van der Waals surface area contributed by atoms with E-state index >= 15 is 0 Å². The lowest BCUT2D eigenvalue weighted by Gasteiger charge is -2.10. The minimum Gasteiger partial charge on any atom is -0.356 e. The molecule has 0 amide bonds. The molecule has 0 aliphatic carbocycles. The Labute approximate surface area is 99.7 Å². The first-order valence-corrected chi connectivity index (χ1v) is 7.02. The molecule has 1 rings (SSSR count). The Morgan fingerprint density at radius 1 is 1.47 bits per heavy atom. The summed E-state index contributed by atoms with van der Waals surface area (Å²) >= 11 is 3.31. The summed E-state index contributed by atoms with van der Waals surface area (Å²) in [5.41, 5.74) is 0. The van der Waals surface area contributed by atoms with Crippen LogP contribution in [-0.4, -0.2) is 35.0 Å². The van der Waals surface area contributed by atoms with Gasteiger partial charge in [-0.1, -0.05) is 11.8 Å². The van der Waals surface area contributed by atoms with Crippen molar-refractivity contribution in [3.05, 3.63) is 0 Å². The largest absolute Gasteiger partial charge is 0.356 e. The summed E-state index contributed by atoms with van der Waals surface area (Å²) in [6.45, 7) is 5.40. The van der Waals surface area contributed by atoms with E-state index in [2.05, 4.69) is 0 Å². The van der Waals surface area contributed by atoms with Gasteiger partial charge in [0.05, 0.1) is 11.2 Å². The number of rotatable bonds is 6. The second-order valence-corrected chi connectivity index (χ2v) is 6.54. The van der Waals surface area contributed by atoms with Gasteiger partial charge in [-0.05, 0) is 19.8 Å². The molecule has 0 bridgehead atoms. The Morgan fingerprint density at radius 3 is 2.93 bits per heavy atom. The van der Waals surface area contributed by atoms with Crippen LogP contribution in [0.5, 0.6) is 0 Å². The molecule has 0 N–H and O–H groups in total. The average molecular weight is 250 g/mol. The first-order valence-electron chi connectivity index (χ1n) is 5.20. The Balaban J connectivity index is 2.05. The monoisotopic (exact) mass is 250 g/mol. The van der Waals surface area contributed by atoms with Gasteiger partial charge in [0.15, 0.2) is 5.12 Å². The summed E-state index contributed by atoms with van der Waals surface area (Å²) in [6.07, 6.45) is 2.25. The highest BCUT2D eigenvalue weighted by Crippen LogP contribution is 2.40. The van der Waals surface area contributed by atoms with Crippen molar-refractivity contribution < 1.29 is 14.3 Å². The van der Waals surface area contributed by atoms with E-state index in [1.807, 2.05) is 18.7 Å². The van der Waals surface area contributed by atoms with E-state index in [0.29, 0.717) is 23.2 Å². The molecule has 0 aromatic rings. The van der Waals surface area contributed by atoms with Crippen LogP contribution in [0.15, 0.2) is 0 Å². The second kappa shape index (κ2) is 7.54. The maximum Gasteiger partial charge on any atom is 0.186 e. The number of hydrogen-bond acceptors (Lipinski definition) is 5. The Hall–Kier alpha value is 0.290. The second-order valence-electron chi connectivity index (χ2n) is 3.36. The number of ether oxygens (including phenoxy) is 2. The minimum absolute atomic E-state index is 0.211. The van der Waals surface area contributed by atoms with E-state index in [0.717, 1.165) is 19.4 Å². The normalized spacial score (nSPS) is 25.7. The lowest BCUT2D eigenvalue weighted by atomic mass is 10.3. The fourth-order valence-electron chi connectivity index (χ4n) is 1.39. The molecule has 15 heavy (non-hydrogen) atoms. The molecule has 0 aromatic heterocycles. The van der Waals surface area contributed by atoms with Gasteiger partial charge in [-0.3, -0.25) is 4.79 Å². The van der Waals surface area contributed by atoms with Gasteiger partial charge in [0, 0.05) is 18.8 Å². The Kier molecular flexibility index (Phi) is 6.72. The van der Waals surface area contributed by atoms with E-state index in [-0.39, 0.29) is 5.12 Å². The summed E-state index contributed by atoms with van der Waals surface area (Å²) in [5, 5.41) is 0.741. The van der Waals surface area contributed by atoms with Crippen LogP contribution in [0.3, 0.4) is 0 Å². The van der Waals surface area contributed by atoms with Crippen molar-refractivity contribution in [3.8, 4) is 0 Å². The standard InChI is InChI=1S/C10H18O3S2/c1-3-12-7-13-6-9-4-5-10(15-9)14-8(2)11/h9-10H,3-7H2,1-2H3/t9-,10?/m1/s1. The maximum atomic E-state index is 10.9. The van der Waals surface area contributed by atoms with Crippen LogP contribution in [0.2, 0.25) is 0 Å². The Morgan fingerprint density at radius 2 is 2.27 bits per heavy atom. The fraction of sp³-hybridized carbons (Fsp3) is 0.900. The predicted octanol–water partition coefficient (Wildman–Crippen LogP) is 2.50. The van der Waals surface area contributed by atoms with E-state index in [4.69, 9.17) is 9.47 Å². The Bertz CT molecular complexity index is 199. The van der Waals surface area contributed by atoms with Crippen molar-refractivity contribution in [2.75, 3.05) is 20.0 Å². The first-order chi connectivity index (χ1) is 7.22. The van der Waals surface area contributed by atoms with Crippen molar-refractivity contribution in [3.63, 3.8) is 0 Å². The quantitative estimate of drug-likeness (QED) is 0.534. The van der Waals surface area contributed by atoms with E-state index in [9.17, 15) is 4.79 Å². The highest BCUT2D eigenvalue weighted by atomic mass is 32.2. The van der Waals surface area contributed by atoms with Gasteiger partial charge in [0.25, 0.3) is 0 Å².